The molecule has 12 aromatic carbocycles. The molecule has 0 N–H and O–H groups in total. The summed E-state index contributed by atoms with van der Waals surface area (Å²) >= 11 is 0. The van der Waals surface area contributed by atoms with Crippen LogP contribution in [-0.4, -0.2) is 0 Å². The molecule has 1 heteroatoms. The summed E-state index contributed by atoms with van der Waals surface area (Å²) in [7, 11) is 0. The monoisotopic (exact) mass is 694 g/mol. The quantitative estimate of drug-likeness (QED) is 0.168. The zero-order valence-corrected chi connectivity index (χ0v) is 29.7. The van der Waals surface area contributed by atoms with Crippen molar-refractivity contribution < 1.29 is 4.42 Å². The van der Waals surface area contributed by atoms with E-state index in [2.05, 4.69) is 176 Å². The molecule has 13 rings (SSSR count). The Morgan fingerprint density at radius 1 is 0.255 bits per heavy atom. The molecule has 0 aliphatic carbocycles. The molecule has 13 aromatic rings. The Labute approximate surface area is 315 Å². The fraction of sp³-hybridized carbons (Fsp3) is 0. The largest absolute Gasteiger partial charge is 0.455 e. The Bertz CT molecular complexity index is 3680. The Morgan fingerprint density at radius 2 is 0.782 bits per heavy atom. The molecule has 0 unspecified atom stereocenters. The van der Waals surface area contributed by atoms with Gasteiger partial charge in [-0.3, -0.25) is 0 Å². The van der Waals surface area contributed by atoms with Crippen molar-refractivity contribution in [2.24, 2.45) is 0 Å². The third kappa shape index (κ3) is 3.77. The molecule has 0 fully saturated rings. The second-order valence-electron chi connectivity index (χ2n) is 15.0. The minimum atomic E-state index is 0.917. The van der Waals surface area contributed by atoms with Gasteiger partial charge in [0.15, 0.2) is 0 Å². The van der Waals surface area contributed by atoms with E-state index < -0.39 is 0 Å². The summed E-state index contributed by atoms with van der Waals surface area (Å²) in [6.45, 7) is 0. The summed E-state index contributed by atoms with van der Waals surface area (Å²) in [5, 5.41) is 20.6. The number of furan rings is 1. The van der Waals surface area contributed by atoms with E-state index in [-0.39, 0.29) is 0 Å². The van der Waals surface area contributed by atoms with Crippen molar-refractivity contribution in [2.75, 3.05) is 0 Å². The molecule has 0 radical (unpaired) electrons. The molecular weight excluding hydrogens is 665 g/mol. The number of rotatable bonds is 3. The van der Waals surface area contributed by atoms with Crippen LogP contribution in [0.5, 0.6) is 0 Å². The molecule has 1 aromatic heterocycles. The van der Waals surface area contributed by atoms with Crippen LogP contribution in [0.25, 0.3) is 131 Å². The van der Waals surface area contributed by atoms with E-state index in [4.69, 9.17) is 4.42 Å². The first-order valence-corrected chi connectivity index (χ1v) is 19.1. The molecule has 0 bridgehead atoms. The third-order valence-corrected chi connectivity index (χ3v) is 12.3. The zero-order valence-electron chi connectivity index (χ0n) is 29.7. The highest BCUT2D eigenvalue weighted by atomic mass is 16.3. The average molecular weight is 695 g/mol. The topological polar surface area (TPSA) is 13.1 Å². The molecule has 0 amide bonds. The molecule has 0 saturated carbocycles. The van der Waals surface area contributed by atoms with E-state index in [1.807, 2.05) is 6.07 Å². The lowest BCUT2D eigenvalue weighted by Crippen LogP contribution is -1.91. The van der Waals surface area contributed by atoms with Crippen molar-refractivity contribution in [3.05, 3.63) is 182 Å². The highest BCUT2D eigenvalue weighted by Crippen LogP contribution is 2.55. The first-order valence-electron chi connectivity index (χ1n) is 19.1. The lowest BCUT2D eigenvalue weighted by Gasteiger charge is -2.19. The molecule has 252 valence electrons. The van der Waals surface area contributed by atoms with Gasteiger partial charge in [-0.1, -0.05) is 170 Å². The molecule has 0 atom stereocenters. The van der Waals surface area contributed by atoms with Crippen molar-refractivity contribution in [3.8, 4) is 33.4 Å². The number of fused-ring (bicyclic) bond motifs is 11. The summed E-state index contributed by atoms with van der Waals surface area (Å²) in [6.07, 6.45) is 0. The van der Waals surface area contributed by atoms with Gasteiger partial charge in [-0.05, 0) is 115 Å². The lowest BCUT2D eigenvalue weighted by molar-refractivity contribution is 0.670. The van der Waals surface area contributed by atoms with Crippen LogP contribution < -0.4 is 0 Å². The predicted molar refractivity (Wildman–Crippen MR) is 235 cm³/mol. The zero-order chi connectivity index (χ0) is 35.8. The van der Waals surface area contributed by atoms with Gasteiger partial charge < -0.3 is 4.42 Å². The average Bonchev–Trinajstić information content (AvgIpc) is 3.91. The maximum absolute atomic E-state index is 6.62. The van der Waals surface area contributed by atoms with Gasteiger partial charge in [0.1, 0.15) is 11.2 Å². The normalized spacial score (nSPS) is 12.4. The molecule has 0 saturated heterocycles. The maximum Gasteiger partial charge on any atom is 0.143 e. The molecule has 0 aliphatic rings. The fourth-order valence-corrected chi connectivity index (χ4v) is 10.2. The van der Waals surface area contributed by atoms with Gasteiger partial charge in [-0.2, -0.15) is 0 Å². The van der Waals surface area contributed by atoms with Crippen LogP contribution in [0.3, 0.4) is 0 Å². The highest BCUT2D eigenvalue weighted by molar-refractivity contribution is 6.45. The van der Waals surface area contributed by atoms with Crippen LogP contribution in [0.1, 0.15) is 0 Å². The van der Waals surface area contributed by atoms with Crippen LogP contribution >= 0.6 is 0 Å². The summed E-state index contributed by atoms with van der Waals surface area (Å²) in [4.78, 5) is 0. The summed E-state index contributed by atoms with van der Waals surface area (Å²) in [6, 6.07) is 67.1. The van der Waals surface area contributed by atoms with Crippen LogP contribution in [0.15, 0.2) is 186 Å². The lowest BCUT2D eigenvalue weighted by atomic mass is 9.84. The molecule has 0 spiro atoms. The third-order valence-electron chi connectivity index (χ3n) is 12.3. The summed E-state index contributed by atoms with van der Waals surface area (Å²) in [5.74, 6) is 0. The maximum atomic E-state index is 6.62. The van der Waals surface area contributed by atoms with E-state index in [0.717, 1.165) is 27.5 Å². The standard InChI is InChI=1S/C54H30O/c1-3-14-31(15-4-1)47-45-30-44-34-19-8-7-18-33(34)37-21-11-25-41(50(37)44)51(45)48(32-16-5-2-6-17-32)53-42-26-12-22-38-35(28-29-43(49(38)42)52(47)53)39-23-13-24-40-36-20-9-10-27-46(36)55-54(39)40/h1-30H. The van der Waals surface area contributed by atoms with E-state index >= 15 is 0 Å². The Kier molecular flexibility index (Phi) is 5.69. The van der Waals surface area contributed by atoms with Crippen molar-refractivity contribution in [2.45, 2.75) is 0 Å². The molecular formula is C54H30O. The molecule has 1 nitrogen and oxygen atoms in total. The van der Waals surface area contributed by atoms with E-state index in [0.29, 0.717) is 0 Å². The first kappa shape index (κ1) is 29.3. The Morgan fingerprint density at radius 3 is 1.56 bits per heavy atom. The molecule has 0 aliphatic heterocycles. The SMILES string of the molecule is c1ccc(-c2c3cc4c5ccccc5c5cccc(c3c(-c3ccccc3)c3c6cccc7c(-c8cccc9c8oc8ccccc89)ccc(c23)c76)c54)cc1. The van der Waals surface area contributed by atoms with Crippen LogP contribution in [-0.2, 0) is 0 Å². The number of benzene rings is 10. The van der Waals surface area contributed by atoms with Gasteiger partial charge in [0.05, 0.1) is 0 Å². The predicted octanol–water partition coefficient (Wildman–Crippen LogP) is 15.5. The van der Waals surface area contributed by atoms with E-state index in [9.17, 15) is 0 Å². The second kappa shape index (κ2) is 10.7. The van der Waals surface area contributed by atoms with Gasteiger partial charge in [0.2, 0.25) is 0 Å². The van der Waals surface area contributed by atoms with Crippen LogP contribution in [0, 0.1) is 0 Å². The number of hydrogen-bond donors (Lipinski definition) is 0. The Balaban J connectivity index is 1.28. The van der Waals surface area contributed by atoms with Gasteiger partial charge in [0.25, 0.3) is 0 Å². The minimum Gasteiger partial charge on any atom is -0.455 e. The minimum absolute atomic E-state index is 0.917. The first-order chi connectivity index (χ1) is 27.3. The summed E-state index contributed by atoms with van der Waals surface area (Å²) in [5.41, 5.74) is 9.22. The number of hydrogen-bond acceptors (Lipinski definition) is 1. The van der Waals surface area contributed by atoms with Gasteiger partial charge in [-0.15, -0.1) is 0 Å². The van der Waals surface area contributed by atoms with Crippen LogP contribution in [0.4, 0.5) is 0 Å². The van der Waals surface area contributed by atoms with Gasteiger partial charge in [-0.25, -0.2) is 0 Å². The van der Waals surface area contributed by atoms with Crippen molar-refractivity contribution in [1.82, 2.24) is 0 Å². The molecule has 55 heavy (non-hydrogen) atoms. The van der Waals surface area contributed by atoms with Gasteiger partial charge >= 0.3 is 0 Å². The van der Waals surface area contributed by atoms with Gasteiger partial charge in [0, 0.05) is 16.3 Å². The summed E-state index contributed by atoms with van der Waals surface area (Å²) < 4.78 is 6.62. The van der Waals surface area contributed by atoms with Crippen molar-refractivity contribution >= 4 is 97.3 Å². The fourth-order valence-electron chi connectivity index (χ4n) is 10.2. The van der Waals surface area contributed by atoms with E-state index in [1.54, 1.807) is 0 Å². The van der Waals surface area contributed by atoms with Crippen molar-refractivity contribution in [3.63, 3.8) is 0 Å². The second-order valence-corrected chi connectivity index (χ2v) is 15.0. The van der Waals surface area contributed by atoms with E-state index in [1.165, 1.54) is 103 Å². The van der Waals surface area contributed by atoms with Crippen LogP contribution in [0.2, 0.25) is 0 Å². The molecule has 1 heterocycles. The highest BCUT2D eigenvalue weighted by Gasteiger charge is 2.27. The Hall–Kier alpha value is -7.22. The van der Waals surface area contributed by atoms with Crippen molar-refractivity contribution in [1.29, 1.82) is 0 Å². The number of para-hydroxylation sites is 2. The smallest absolute Gasteiger partial charge is 0.143 e.